The molecule has 0 spiro atoms. The number of carboxylic acid groups (broad SMARTS) is 1. The van der Waals surface area contributed by atoms with E-state index in [1.54, 1.807) is 13.0 Å². The molecular formula is C10H10N2O4. The van der Waals surface area contributed by atoms with Crippen molar-refractivity contribution in [3.05, 3.63) is 28.4 Å². The highest BCUT2D eigenvalue weighted by molar-refractivity contribution is 5.71. The minimum atomic E-state index is -0.860. The van der Waals surface area contributed by atoms with E-state index in [4.69, 9.17) is 9.52 Å². The Morgan fingerprint density at radius 1 is 1.69 bits per heavy atom. The van der Waals surface area contributed by atoms with Crippen molar-refractivity contribution in [2.75, 3.05) is 0 Å². The number of hydrogen-bond acceptors (Lipinski definition) is 4. The molecule has 0 aliphatic carbocycles. The molecule has 0 saturated heterocycles. The zero-order valence-corrected chi connectivity index (χ0v) is 8.56. The molecule has 6 heteroatoms. The predicted molar refractivity (Wildman–Crippen MR) is 55.1 cm³/mol. The smallest absolute Gasteiger partial charge is 0.418 e. The van der Waals surface area contributed by atoms with Gasteiger partial charge in [0.25, 0.3) is 0 Å². The number of hydrogen-bond donors (Lipinski definition) is 2. The molecule has 6 nitrogen and oxygen atoms in total. The van der Waals surface area contributed by atoms with Crippen LogP contribution in [0.1, 0.15) is 12.5 Å². The molecule has 0 bridgehead atoms. The Morgan fingerprint density at radius 2 is 2.44 bits per heavy atom. The van der Waals surface area contributed by atoms with Crippen LogP contribution >= 0.6 is 0 Å². The molecule has 2 rings (SSSR count). The number of pyridine rings is 1. The average Bonchev–Trinajstić information content (AvgIpc) is 2.57. The van der Waals surface area contributed by atoms with E-state index < -0.39 is 17.6 Å². The van der Waals surface area contributed by atoms with E-state index in [-0.39, 0.29) is 5.71 Å². The third kappa shape index (κ3) is 1.95. The zero-order chi connectivity index (χ0) is 11.7. The summed E-state index contributed by atoms with van der Waals surface area (Å²) in [7, 11) is 0. The molecule has 1 atom stereocenters. The Hall–Kier alpha value is -2.11. The van der Waals surface area contributed by atoms with E-state index in [1.165, 1.54) is 6.20 Å². The van der Waals surface area contributed by atoms with Gasteiger partial charge in [-0.25, -0.2) is 9.78 Å². The number of aromatic amines is 1. The number of oxazole rings is 1. The number of nitrogens with one attached hydrogen (secondary N) is 1. The molecule has 2 N–H and O–H groups in total. The highest BCUT2D eigenvalue weighted by atomic mass is 16.4. The van der Waals surface area contributed by atoms with E-state index in [9.17, 15) is 9.59 Å². The first-order valence-electron chi connectivity index (χ1n) is 4.77. The molecule has 84 valence electrons. The van der Waals surface area contributed by atoms with Crippen molar-refractivity contribution in [2.24, 2.45) is 5.92 Å². The Morgan fingerprint density at radius 3 is 3.12 bits per heavy atom. The van der Waals surface area contributed by atoms with E-state index in [2.05, 4.69) is 9.97 Å². The van der Waals surface area contributed by atoms with Gasteiger partial charge >= 0.3 is 11.7 Å². The van der Waals surface area contributed by atoms with Crippen LogP contribution in [-0.4, -0.2) is 21.0 Å². The first-order valence-corrected chi connectivity index (χ1v) is 4.77. The number of aromatic nitrogens is 2. The number of carbonyl (C=O) groups is 1. The van der Waals surface area contributed by atoms with Crippen molar-refractivity contribution in [2.45, 2.75) is 13.3 Å². The maximum Gasteiger partial charge on any atom is 0.418 e. The van der Waals surface area contributed by atoms with E-state index >= 15 is 0 Å². The maximum absolute atomic E-state index is 10.9. The molecule has 0 aliphatic heterocycles. The Bertz CT molecular complexity index is 584. The first kappa shape index (κ1) is 10.4. The quantitative estimate of drug-likeness (QED) is 0.799. The summed E-state index contributed by atoms with van der Waals surface area (Å²) in [5, 5.41) is 8.76. The van der Waals surface area contributed by atoms with Crippen molar-refractivity contribution in [1.29, 1.82) is 0 Å². The van der Waals surface area contributed by atoms with Gasteiger partial charge in [-0.1, -0.05) is 6.92 Å². The van der Waals surface area contributed by atoms with Crippen LogP contribution in [0.25, 0.3) is 11.2 Å². The van der Waals surface area contributed by atoms with Gasteiger partial charge in [-0.15, -0.1) is 0 Å². The van der Waals surface area contributed by atoms with Gasteiger partial charge < -0.3 is 9.52 Å². The minimum absolute atomic E-state index is 0.233. The Labute approximate surface area is 89.9 Å². The van der Waals surface area contributed by atoms with Gasteiger partial charge in [-0.05, 0) is 18.1 Å². The van der Waals surface area contributed by atoms with Crippen molar-refractivity contribution < 1.29 is 14.3 Å². The van der Waals surface area contributed by atoms with Gasteiger partial charge in [0, 0.05) is 6.20 Å². The van der Waals surface area contributed by atoms with Gasteiger partial charge in [0.05, 0.1) is 5.92 Å². The molecule has 0 aliphatic rings. The lowest BCUT2D eigenvalue weighted by Crippen LogP contribution is -2.12. The summed E-state index contributed by atoms with van der Waals surface area (Å²) in [5.41, 5.74) is 1.47. The summed E-state index contributed by atoms with van der Waals surface area (Å²) in [6.45, 7) is 1.62. The summed E-state index contributed by atoms with van der Waals surface area (Å²) in [6, 6.07) is 1.67. The number of fused-ring (bicyclic) bond motifs is 1. The molecule has 0 aromatic carbocycles. The van der Waals surface area contributed by atoms with Gasteiger partial charge in [0.15, 0.2) is 0 Å². The van der Waals surface area contributed by atoms with Crippen LogP contribution in [0.3, 0.4) is 0 Å². The van der Waals surface area contributed by atoms with Gasteiger partial charge in [0.2, 0.25) is 5.71 Å². The second kappa shape index (κ2) is 3.80. The molecule has 2 heterocycles. The lowest BCUT2D eigenvalue weighted by atomic mass is 10.0. The van der Waals surface area contributed by atoms with Crippen LogP contribution in [0.5, 0.6) is 0 Å². The van der Waals surface area contributed by atoms with Crippen LogP contribution < -0.4 is 5.76 Å². The molecule has 2 aromatic rings. The molecule has 0 fully saturated rings. The molecular weight excluding hydrogens is 212 g/mol. The van der Waals surface area contributed by atoms with Crippen molar-refractivity contribution in [3.8, 4) is 0 Å². The number of nitrogens with zero attached hydrogens (tertiary/aromatic N) is 1. The third-order valence-corrected chi connectivity index (χ3v) is 2.30. The topological polar surface area (TPSA) is 96.2 Å². The lowest BCUT2D eigenvalue weighted by Gasteiger charge is -2.04. The second-order valence-electron chi connectivity index (χ2n) is 3.65. The standard InChI is InChI=1S/C10H10N2O4/c1-5(9(13)14)2-6-3-7-8(11-4-6)16-10(15)12-7/h3-5H,2H2,1H3,(H,12,15)(H,13,14). The number of carboxylic acids is 1. The van der Waals surface area contributed by atoms with Crippen molar-refractivity contribution >= 4 is 17.2 Å². The van der Waals surface area contributed by atoms with E-state index in [0.717, 1.165) is 5.56 Å². The fourth-order valence-electron chi connectivity index (χ4n) is 1.44. The minimum Gasteiger partial charge on any atom is -0.481 e. The van der Waals surface area contributed by atoms with Crippen LogP contribution in [0.15, 0.2) is 21.5 Å². The predicted octanol–water partition coefficient (Wildman–Crippen LogP) is 0.779. The zero-order valence-electron chi connectivity index (χ0n) is 8.56. The molecule has 0 radical (unpaired) electrons. The van der Waals surface area contributed by atoms with Crippen LogP contribution in [0.2, 0.25) is 0 Å². The summed E-state index contributed by atoms with van der Waals surface area (Å²) >= 11 is 0. The second-order valence-corrected chi connectivity index (χ2v) is 3.65. The molecule has 0 amide bonds. The van der Waals surface area contributed by atoms with Gasteiger partial charge in [-0.3, -0.25) is 9.78 Å². The third-order valence-electron chi connectivity index (χ3n) is 2.30. The molecule has 1 unspecified atom stereocenters. The Balaban J connectivity index is 2.32. The number of H-pyrrole nitrogens is 1. The number of aliphatic carboxylic acids is 1. The van der Waals surface area contributed by atoms with Gasteiger partial charge in [0.1, 0.15) is 5.52 Å². The van der Waals surface area contributed by atoms with Crippen molar-refractivity contribution in [1.82, 2.24) is 9.97 Å². The fraction of sp³-hybridized carbons (Fsp3) is 0.300. The molecule has 0 saturated carbocycles. The highest BCUT2D eigenvalue weighted by Crippen LogP contribution is 2.12. The van der Waals surface area contributed by atoms with Crippen molar-refractivity contribution in [3.63, 3.8) is 0 Å². The van der Waals surface area contributed by atoms with Crippen LogP contribution in [0, 0.1) is 5.92 Å². The van der Waals surface area contributed by atoms with E-state index in [1.807, 2.05) is 0 Å². The SMILES string of the molecule is CC(Cc1cnc2oc(=O)[nH]c2c1)C(=O)O. The summed E-state index contributed by atoms with van der Waals surface area (Å²) in [4.78, 5) is 27.9. The average molecular weight is 222 g/mol. The largest absolute Gasteiger partial charge is 0.481 e. The lowest BCUT2D eigenvalue weighted by molar-refractivity contribution is -0.141. The van der Waals surface area contributed by atoms with E-state index in [0.29, 0.717) is 11.9 Å². The molecule has 2 aromatic heterocycles. The number of rotatable bonds is 3. The Kier molecular flexibility index (Phi) is 2.47. The van der Waals surface area contributed by atoms with Crippen LogP contribution in [-0.2, 0) is 11.2 Å². The summed E-state index contributed by atoms with van der Waals surface area (Å²) < 4.78 is 4.74. The highest BCUT2D eigenvalue weighted by Gasteiger charge is 2.12. The normalized spacial score (nSPS) is 12.8. The maximum atomic E-state index is 10.9. The summed E-state index contributed by atoms with van der Waals surface area (Å²) in [6.07, 6.45) is 1.88. The fourth-order valence-corrected chi connectivity index (χ4v) is 1.44. The summed E-state index contributed by atoms with van der Waals surface area (Å²) in [5.74, 6) is -1.91. The van der Waals surface area contributed by atoms with Crippen LogP contribution in [0.4, 0.5) is 0 Å². The first-order chi connectivity index (χ1) is 7.56. The monoisotopic (exact) mass is 222 g/mol. The molecule has 16 heavy (non-hydrogen) atoms. The van der Waals surface area contributed by atoms with Gasteiger partial charge in [-0.2, -0.15) is 0 Å².